The van der Waals surface area contributed by atoms with Gasteiger partial charge in [0.25, 0.3) is 0 Å². The quantitative estimate of drug-likeness (QED) is 0.557. The van der Waals surface area contributed by atoms with Crippen molar-refractivity contribution >= 4 is 28.3 Å². The molecule has 10 heteroatoms. The number of nitrogens with two attached hydrogens (primary N) is 1. The molecule has 0 saturated carbocycles. The second-order valence-corrected chi connectivity index (χ2v) is 9.39. The second-order valence-electron chi connectivity index (χ2n) is 8.24. The third-order valence-corrected chi connectivity index (χ3v) is 6.40. The van der Waals surface area contributed by atoms with Crippen LogP contribution >= 0.6 is 11.3 Å². The van der Waals surface area contributed by atoms with Crippen LogP contribution in [0, 0.1) is 11.6 Å². The Hall–Kier alpha value is -2.59. The highest BCUT2D eigenvalue weighted by Crippen LogP contribution is 2.20. The number of likely N-dealkylation sites (tertiary alicyclic amines) is 1. The molecule has 32 heavy (non-hydrogen) atoms. The molecule has 2 atom stereocenters. The van der Waals surface area contributed by atoms with Crippen molar-refractivity contribution in [2.75, 3.05) is 12.3 Å². The molecule has 1 aliphatic heterocycles. The first-order chi connectivity index (χ1) is 15.2. The molecule has 0 radical (unpaired) electrons. The maximum atomic E-state index is 13.7. The van der Waals surface area contributed by atoms with E-state index in [4.69, 9.17) is 5.73 Å². The lowest BCUT2D eigenvalue weighted by atomic mass is 9.98. The second kappa shape index (κ2) is 10.8. The first-order valence-electron chi connectivity index (χ1n) is 10.7. The average Bonchev–Trinajstić information content (AvgIpc) is 3.19. The van der Waals surface area contributed by atoms with Gasteiger partial charge < -0.3 is 16.4 Å². The molecule has 4 N–H and O–H groups in total. The molecule has 0 spiro atoms. The molecule has 7 nitrogen and oxygen atoms in total. The normalized spacial score (nSPS) is 17.8. The van der Waals surface area contributed by atoms with Crippen molar-refractivity contribution in [2.24, 2.45) is 0 Å². The van der Waals surface area contributed by atoms with E-state index in [1.807, 2.05) is 13.8 Å². The Bertz CT molecular complexity index is 952. The van der Waals surface area contributed by atoms with E-state index in [0.29, 0.717) is 17.1 Å². The zero-order chi connectivity index (χ0) is 23.3. The number of thiazole rings is 1. The standard InChI is InChI=1S/C22H29F2N5O2S/c1-13(2)29-8-4-3-5-19(29)21(31)28-18(10-14-6-7-16(23)17(24)9-14)20(30)26-11-15-12-27-22(25)32-15/h6-7,9,12-13,18-19H,3-5,8,10-11H2,1-2H3,(H2,25,27)(H,26,30)(H,28,31)/t18-,19?/m0/s1. The summed E-state index contributed by atoms with van der Waals surface area (Å²) in [5.41, 5.74) is 6.04. The molecule has 1 unspecified atom stereocenters. The summed E-state index contributed by atoms with van der Waals surface area (Å²) in [4.78, 5) is 32.9. The maximum absolute atomic E-state index is 13.7. The number of aromatic nitrogens is 1. The maximum Gasteiger partial charge on any atom is 0.243 e. The van der Waals surface area contributed by atoms with Gasteiger partial charge in [-0.05, 0) is 50.9 Å². The van der Waals surface area contributed by atoms with E-state index in [1.165, 1.54) is 17.4 Å². The van der Waals surface area contributed by atoms with Gasteiger partial charge in [-0.3, -0.25) is 14.5 Å². The van der Waals surface area contributed by atoms with Crippen molar-refractivity contribution in [1.82, 2.24) is 20.5 Å². The van der Waals surface area contributed by atoms with E-state index >= 15 is 0 Å². The number of nitrogen functional groups attached to an aromatic ring is 1. The smallest absolute Gasteiger partial charge is 0.243 e. The van der Waals surface area contributed by atoms with Gasteiger partial charge in [-0.15, -0.1) is 11.3 Å². The van der Waals surface area contributed by atoms with Crippen LogP contribution in [0.2, 0.25) is 0 Å². The number of hydrogen-bond donors (Lipinski definition) is 3. The highest BCUT2D eigenvalue weighted by atomic mass is 32.1. The van der Waals surface area contributed by atoms with Gasteiger partial charge in [0.05, 0.1) is 12.6 Å². The fraction of sp³-hybridized carbons (Fsp3) is 0.500. The third kappa shape index (κ3) is 6.23. The van der Waals surface area contributed by atoms with E-state index in [-0.39, 0.29) is 31.0 Å². The molecule has 2 aromatic rings. The van der Waals surface area contributed by atoms with Gasteiger partial charge in [-0.25, -0.2) is 13.8 Å². The van der Waals surface area contributed by atoms with Crippen LogP contribution in [0.5, 0.6) is 0 Å². The highest BCUT2D eigenvalue weighted by molar-refractivity contribution is 7.15. The molecule has 1 aromatic carbocycles. The lowest BCUT2D eigenvalue weighted by Gasteiger charge is -2.38. The lowest BCUT2D eigenvalue weighted by Crippen LogP contribution is -2.56. The van der Waals surface area contributed by atoms with Crippen molar-refractivity contribution in [1.29, 1.82) is 0 Å². The van der Waals surface area contributed by atoms with Gasteiger partial charge in [0.2, 0.25) is 11.8 Å². The topological polar surface area (TPSA) is 100 Å². The highest BCUT2D eigenvalue weighted by Gasteiger charge is 2.32. The minimum absolute atomic E-state index is 0.0357. The molecule has 1 aliphatic rings. The SMILES string of the molecule is CC(C)N1CCCCC1C(=O)N[C@@H](Cc1ccc(F)c(F)c1)C(=O)NCc1cnc(N)s1. The summed E-state index contributed by atoms with van der Waals surface area (Å²) in [6.45, 7) is 5.11. The molecule has 1 fully saturated rings. The summed E-state index contributed by atoms with van der Waals surface area (Å²) in [5, 5.41) is 6.03. The number of nitrogens with one attached hydrogen (secondary N) is 2. The summed E-state index contributed by atoms with van der Waals surface area (Å²) < 4.78 is 27.0. The zero-order valence-corrected chi connectivity index (χ0v) is 19.1. The number of nitrogens with zero attached hydrogens (tertiary/aromatic N) is 2. The van der Waals surface area contributed by atoms with Gasteiger partial charge in [0.1, 0.15) is 6.04 Å². The lowest BCUT2D eigenvalue weighted by molar-refractivity contribution is -0.133. The Morgan fingerprint density at radius 1 is 1.28 bits per heavy atom. The van der Waals surface area contributed by atoms with Crippen molar-refractivity contribution in [3.05, 3.63) is 46.5 Å². The molecule has 2 heterocycles. The number of anilines is 1. The van der Waals surface area contributed by atoms with Crippen molar-refractivity contribution in [3.63, 3.8) is 0 Å². The first-order valence-corrected chi connectivity index (χ1v) is 11.5. The van der Waals surface area contributed by atoms with Gasteiger partial charge in [-0.1, -0.05) is 12.5 Å². The van der Waals surface area contributed by atoms with Gasteiger partial charge >= 0.3 is 0 Å². The Balaban J connectivity index is 1.74. The predicted molar refractivity (Wildman–Crippen MR) is 120 cm³/mol. The number of rotatable bonds is 8. The molecule has 1 aromatic heterocycles. The molecular weight excluding hydrogens is 436 g/mol. The Morgan fingerprint density at radius 2 is 2.06 bits per heavy atom. The number of hydrogen-bond acceptors (Lipinski definition) is 6. The summed E-state index contributed by atoms with van der Waals surface area (Å²) in [5.74, 6) is -2.60. The molecule has 0 bridgehead atoms. The van der Waals surface area contributed by atoms with Crippen molar-refractivity contribution < 1.29 is 18.4 Å². The Kier molecular flexibility index (Phi) is 8.14. The van der Waals surface area contributed by atoms with Crippen LogP contribution in [-0.2, 0) is 22.6 Å². The number of benzene rings is 1. The predicted octanol–water partition coefficient (Wildman–Crippen LogP) is 2.61. The van der Waals surface area contributed by atoms with Crippen LogP contribution in [0.4, 0.5) is 13.9 Å². The Labute approximate surface area is 190 Å². The fourth-order valence-electron chi connectivity index (χ4n) is 3.93. The summed E-state index contributed by atoms with van der Waals surface area (Å²) in [6, 6.07) is 2.41. The van der Waals surface area contributed by atoms with E-state index < -0.39 is 23.6 Å². The monoisotopic (exact) mass is 465 g/mol. The van der Waals surface area contributed by atoms with Gasteiger partial charge in [0.15, 0.2) is 16.8 Å². The van der Waals surface area contributed by atoms with Gasteiger partial charge in [0, 0.05) is 23.5 Å². The number of halogens is 2. The van der Waals surface area contributed by atoms with Crippen LogP contribution < -0.4 is 16.4 Å². The third-order valence-electron chi connectivity index (χ3n) is 5.58. The van der Waals surface area contributed by atoms with E-state index in [0.717, 1.165) is 36.4 Å². The molecule has 0 aliphatic carbocycles. The molecule has 3 rings (SSSR count). The number of carbonyl (C=O) groups is 2. The van der Waals surface area contributed by atoms with Crippen LogP contribution in [0.15, 0.2) is 24.4 Å². The fourth-order valence-corrected chi connectivity index (χ4v) is 4.56. The van der Waals surface area contributed by atoms with Crippen LogP contribution in [0.3, 0.4) is 0 Å². The van der Waals surface area contributed by atoms with E-state index in [9.17, 15) is 18.4 Å². The Morgan fingerprint density at radius 3 is 2.72 bits per heavy atom. The van der Waals surface area contributed by atoms with Crippen LogP contribution in [0.1, 0.15) is 43.6 Å². The minimum Gasteiger partial charge on any atom is -0.375 e. The molecule has 2 amide bonds. The summed E-state index contributed by atoms with van der Waals surface area (Å²) in [7, 11) is 0. The summed E-state index contributed by atoms with van der Waals surface area (Å²) in [6.07, 6.45) is 4.29. The number of piperidine rings is 1. The van der Waals surface area contributed by atoms with Crippen LogP contribution in [-0.4, -0.2) is 46.4 Å². The van der Waals surface area contributed by atoms with Crippen LogP contribution in [0.25, 0.3) is 0 Å². The van der Waals surface area contributed by atoms with Gasteiger partial charge in [-0.2, -0.15) is 0 Å². The molecule has 174 valence electrons. The summed E-state index contributed by atoms with van der Waals surface area (Å²) >= 11 is 1.26. The zero-order valence-electron chi connectivity index (χ0n) is 18.2. The minimum atomic E-state index is -0.994. The average molecular weight is 466 g/mol. The van der Waals surface area contributed by atoms with Crippen molar-refractivity contribution in [3.8, 4) is 0 Å². The van der Waals surface area contributed by atoms with E-state index in [2.05, 4.69) is 20.5 Å². The van der Waals surface area contributed by atoms with E-state index in [1.54, 1.807) is 6.20 Å². The number of amides is 2. The van der Waals surface area contributed by atoms with Crippen molar-refractivity contribution in [2.45, 2.75) is 64.2 Å². The largest absolute Gasteiger partial charge is 0.375 e. The first kappa shape index (κ1) is 24.1. The molecular formula is C22H29F2N5O2S. The molecule has 1 saturated heterocycles. The number of carbonyl (C=O) groups excluding carboxylic acids is 2.